The molecular formula is C21H26. The van der Waals surface area contributed by atoms with Gasteiger partial charge in [-0.2, -0.15) is 0 Å². The summed E-state index contributed by atoms with van der Waals surface area (Å²) in [7, 11) is 0. The first kappa shape index (κ1) is 17.1. The Hall–Kier alpha value is -2.00. The fourth-order valence-corrected chi connectivity index (χ4v) is 2.05. The maximum Gasteiger partial charge on any atom is 0.0245 e. The molecule has 0 unspecified atom stereocenters. The normalized spacial score (nSPS) is 10.0. The van der Waals surface area contributed by atoms with Crippen LogP contribution in [-0.4, -0.2) is 0 Å². The van der Waals surface area contributed by atoms with Gasteiger partial charge in [-0.25, -0.2) is 0 Å². The minimum absolute atomic E-state index is 0.207. The summed E-state index contributed by atoms with van der Waals surface area (Å²) in [6.45, 7) is 12.6. The van der Waals surface area contributed by atoms with Gasteiger partial charge in [0, 0.05) is 5.56 Å². The Morgan fingerprint density at radius 3 is 1.52 bits per heavy atom. The SMILES string of the molecule is CC.CC#Cc1ccc(-c2ccc(C(C)(C)C)cc2)cc1. The van der Waals surface area contributed by atoms with Gasteiger partial charge in [-0.1, -0.05) is 76.9 Å². The Labute approximate surface area is 130 Å². The van der Waals surface area contributed by atoms with E-state index < -0.39 is 0 Å². The second kappa shape index (κ2) is 7.70. The van der Waals surface area contributed by atoms with E-state index in [0.717, 1.165) is 5.56 Å². The zero-order valence-electron chi connectivity index (χ0n) is 14.1. The third kappa shape index (κ3) is 4.80. The lowest BCUT2D eigenvalue weighted by Gasteiger charge is -2.19. The van der Waals surface area contributed by atoms with Crippen LogP contribution in [0.2, 0.25) is 0 Å². The highest BCUT2D eigenvalue weighted by molar-refractivity contribution is 5.64. The molecule has 110 valence electrons. The smallest absolute Gasteiger partial charge is 0.0245 e. The van der Waals surface area contributed by atoms with Crippen molar-refractivity contribution in [1.29, 1.82) is 0 Å². The van der Waals surface area contributed by atoms with Gasteiger partial charge in [-0.3, -0.25) is 0 Å². The molecule has 0 atom stereocenters. The van der Waals surface area contributed by atoms with Crippen LogP contribution in [0.3, 0.4) is 0 Å². The molecule has 0 aromatic heterocycles. The van der Waals surface area contributed by atoms with Crippen LogP contribution in [0, 0.1) is 11.8 Å². The molecule has 0 amide bonds. The van der Waals surface area contributed by atoms with Crippen molar-refractivity contribution in [3.8, 4) is 23.0 Å². The first-order chi connectivity index (χ1) is 10.0. The quantitative estimate of drug-likeness (QED) is 0.557. The molecule has 0 heterocycles. The van der Waals surface area contributed by atoms with Gasteiger partial charge in [0.05, 0.1) is 0 Å². The molecule has 0 N–H and O–H groups in total. The first-order valence-electron chi connectivity index (χ1n) is 7.64. The van der Waals surface area contributed by atoms with Crippen molar-refractivity contribution < 1.29 is 0 Å². The molecule has 0 bridgehead atoms. The maximum atomic E-state index is 3.07. The summed E-state index contributed by atoms with van der Waals surface area (Å²) in [5.41, 5.74) is 5.13. The predicted octanol–water partition coefficient (Wildman–Crippen LogP) is 6.05. The molecule has 21 heavy (non-hydrogen) atoms. The average Bonchev–Trinajstić information content (AvgIpc) is 2.50. The molecule has 2 rings (SSSR count). The van der Waals surface area contributed by atoms with E-state index in [1.54, 1.807) is 0 Å². The molecule has 2 aromatic carbocycles. The van der Waals surface area contributed by atoms with Crippen LogP contribution in [0.1, 0.15) is 52.7 Å². The number of rotatable bonds is 1. The van der Waals surface area contributed by atoms with Crippen LogP contribution in [0.5, 0.6) is 0 Å². The van der Waals surface area contributed by atoms with Gasteiger partial charge in [-0.15, -0.1) is 5.92 Å². The summed E-state index contributed by atoms with van der Waals surface area (Å²) in [6, 6.07) is 17.2. The molecule has 0 spiro atoms. The van der Waals surface area contributed by atoms with Gasteiger partial charge in [0.15, 0.2) is 0 Å². The standard InChI is InChI=1S/C19H20.C2H6/c1-5-6-15-7-9-16(10-8-15)17-11-13-18(14-12-17)19(2,3)4;1-2/h7-14H,1-4H3;1-2H3. The van der Waals surface area contributed by atoms with Gasteiger partial charge in [0.2, 0.25) is 0 Å². The third-order valence-electron chi connectivity index (χ3n) is 3.24. The highest BCUT2D eigenvalue weighted by Crippen LogP contribution is 2.26. The topological polar surface area (TPSA) is 0 Å². The van der Waals surface area contributed by atoms with E-state index in [9.17, 15) is 0 Å². The fraction of sp³-hybridized carbons (Fsp3) is 0.333. The Balaban J connectivity index is 0.00000106. The molecule has 0 aliphatic carbocycles. The molecular weight excluding hydrogens is 252 g/mol. The Bertz CT molecular complexity index is 596. The summed E-state index contributed by atoms with van der Waals surface area (Å²) >= 11 is 0. The summed E-state index contributed by atoms with van der Waals surface area (Å²) in [6.07, 6.45) is 0. The van der Waals surface area contributed by atoms with Gasteiger partial charge in [0.1, 0.15) is 0 Å². The van der Waals surface area contributed by atoms with Crippen molar-refractivity contribution in [3.63, 3.8) is 0 Å². The number of hydrogen-bond acceptors (Lipinski definition) is 0. The molecule has 0 fully saturated rings. The van der Waals surface area contributed by atoms with Crippen molar-refractivity contribution in [1.82, 2.24) is 0 Å². The summed E-state index contributed by atoms with van der Waals surface area (Å²) in [4.78, 5) is 0. The first-order valence-corrected chi connectivity index (χ1v) is 7.64. The van der Waals surface area contributed by atoms with Crippen molar-refractivity contribution >= 4 is 0 Å². The Morgan fingerprint density at radius 1 is 0.714 bits per heavy atom. The Morgan fingerprint density at radius 2 is 1.14 bits per heavy atom. The average molecular weight is 278 g/mol. The minimum Gasteiger partial charge on any atom is -0.101 e. The minimum atomic E-state index is 0.207. The molecule has 2 aromatic rings. The van der Waals surface area contributed by atoms with Gasteiger partial charge >= 0.3 is 0 Å². The lowest BCUT2D eigenvalue weighted by Crippen LogP contribution is -2.10. The highest BCUT2D eigenvalue weighted by atomic mass is 14.2. The van der Waals surface area contributed by atoms with Crippen molar-refractivity contribution in [2.24, 2.45) is 0 Å². The van der Waals surface area contributed by atoms with E-state index in [1.807, 2.05) is 20.8 Å². The number of hydrogen-bond donors (Lipinski definition) is 0. The van der Waals surface area contributed by atoms with E-state index in [-0.39, 0.29) is 5.41 Å². The molecule has 0 radical (unpaired) electrons. The highest BCUT2D eigenvalue weighted by Gasteiger charge is 2.12. The van der Waals surface area contributed by atoms with E-state index in [2.05, 4.69) is 81.1 Å². The largest absolute Gasteiger partial charge is 0.101 e. The van der Waals surface area contributed by atoms with Crippen molar-refractivity contribution in [2.45, 2.75) is 47.0 Å². The van der Waals surface area contributed by atoms with E-state index >= 15 is 0 Å². The van der Waals surface area contributed by atoms with Crippen molar-refractivity contribution in [2.75, 3.05) is 0 Å². The van der Waals surface area contributed by atoms with Gasteiger partial charge in [0.25, 0.3) is 0 Å². The van der Waals surface area contributed by atoms with Crippen LogP contribution >= 0.6 is 0 Å². The third-order valence-corrected chi connectivity index (χ3v) is 3.24. The Kier molecular flexibility index (Phi) is 6.25. The molecule has 0 saturated heterocycles. The van der Waals surface area contributed by atoms with Crippen LogP contribution in [0.15, 0.2) is 48.5 Å². The van der Waals surface area contributed by atoms with Crippen LogP contribution < -0.4 is 0 Å². The maximum absolute atomic E-state index is 3.07. The fourth-order valence-electron chi connectivity index (χ4n) is 2.05. The zero-order valence-corrected chi connectivity index (χ0v) is 14.1. The second-order valence-corrected chi connectivity index (χ2v) is 5.78. The molecule has 0 nitrogen and oxygen atoms in total. The lowest BCUT2D eigenvalue weighted by atomic mass is 9.86. The zero-order chi connectivity index (χ0) is 15.9. The monoisotopic (exact) mass is 278 g/mol. The van der Waals surface area contributed by atoms with E-state index in [4.69, 9.17) is 0 Å². The lowest BCUT2D eigenvalue weighted by molar-refractivity contribution is 0.590. The van der Waals surface area contributed by atoms with Crippen molar-refractivity contribution in [3.05, 3.63) is 59.7 Å². The summed E-state index contributed by atoms with van der Waals surface area (Å²) < 4.78 is 0. The molecule has 0 aliphatic rings. The summed E-state index contributed by atoms with van der Waals surface area (Å²) in [5.74, 6) is 5.98. The van der Waals surface area contributed by atoms with Gasteiger partial charge in [-0.05, 0) is 41.2 Å². The number of benzene rings is 2. The molecule has 0 saturated carbocycles. The van der Waals surface area contributed by atoms with Crippen LogP contribution in [0.4, 0.5) is 0 Å². The van der Waals surface area contributed by atoms with E-state index in [1.165, 1.54) is 16.7 Å². The van der Waals surface area contributed by atoms with Crippen LogP contribution in [-0.2, 0) is 5.41 Å². The molecule has 0 aliphatic heterocycles. The second-order valence-electron chi connectivity index (χ2n) is 5.78. The predicted molar refractivity (Wildman–Crippen MR) is 94.5 cm³/mol. The molecule has 0 heteroatoms. The van der Waals surface area contributed by atoms with E-state index in [0.29, 0.717) is 0 Å². The van der Waals surface area contributed by atoms with Gasteiger partial charge < -0.3 is 0 Å². The summed E-state index contributed by atoms with van der Waals surface area (Å²) in [5, 5.41) is 0. The van der Waals surface area contributed by atoms with Crippen LogP contribution in [0.25, 0.3) is 11.1 Å².